The maximum Gasteiger partial charge on any atom is 0.472 e. The van der Waals surface area contributed by atoms with Crippen LogP contribution in [-0.2, 0) is 92.9 Å². The number of nitrogens with zero attached hydrogens (tertiary/aromatic N) is 18. The first kappa shape index (κ1) is 92.7. The van der Waals surface area contributed by atoms with Crippen molar-refractivity contribution in [2.45, 2.75) is 164 Å². The van der Waals surface area contributed by atoms with Gasteiger partial charge in [0.25, 0.3) is 0 Å². The molecule has 2 unspecified atom stereocenters. The van der Waals surface area contributed by atoms with Gasteiger partial charge in [-0.2, -0.15) is 10.2 Å². The summed E-state index contributed by atoms with van der Waals surface area (Å²) in [7, 11) is -20.3. The molecule has 55 nitrogen and oxygen atoms in total. The average Bonchev–Trinajstić information content (AvgIpc) is 1.63. The predicted molar refractivity (Wildman–Crippen MR) is 382 cm³/mol. The number of nitrogens with two attached hydrogens (primary N) is 4. The molecule has 18 atom stereocenters. The molecule has 4 aliphatic rings. The molecule has 4 fully saturated rings. The van der Waals surface area contributed by atoms with E-state index in [0.29, 0.717) is 25.8 Å². The lowest BCUT2D eigenvalue weighted by Gasteiger charge is -2.26. The van der Waals surface area contributed by atoms with Crippen LogP contribution in [0.3, 0.4) is 0 Å². The lowest BCUT2D eigenvalue weighted by molar-refractivity contribution is -0.159. The first-order chi connectivity index (χ1) is 54.0. The standard InChI is InChI=1S/C29H42N12O16P2.C19H28N8O13P2.C8H12N4O2/c1-29(2,3)56-28(45)37-14(5-4-7-36-39-32)26(43)55-22-17(54-25(21(22)42)41-13-35-20-23(31)33-12-34-24(20)41)11-52-59(49,50)57-15-9-19(40-8-6-18(30)38-27(40)44)53-16(15)10-51-58(46,47)48;20-12(21)1-2-26(8-28)13-3-9(10(38-13)4-36-41(31,32)33)40-42(34,35)37-5-11-15(29)16(30)19(39-11)27-7-25-14-17(22)23-6-24-18(14)27;1-7(3-2-5-11-12-10)8(13)14-6-4-9/h6,8,12-17,19,21-22,25,42H,4-5,7,9-11H2,1-3H3,(H,37,45)(H,49,50)(H2,30,38,44)(H2,31,33,34)(H2,46,47,48);1-2,6-11,13,15-16,19,29-30H,3-5H2,(H3,20,21)(H,34,35)(H2,22,23,24)(H2,31,32,33);7H,2-3,5-6H2,1H3/b;2-1-;/t14-,15-,16+,17+,19+,21+,22+,25+;9-,10+,11+,13+,15+,16+,19+;7-/m000/s1. The van der Waals surface area contributed by atoms with E-state index in [0.717, 1.165) is 34.4 Å². The second kappa shape index (κ2) is 41.4. The molecule has 0 aliphatic carbocycles. The van der Waals surface area contributed by atoms with Crippen molar-refractivity contribution >= 4 is 101 Å². The van der Waals surface area contributed by atoms with Crippen LogP contribution in [0.15, 0.2) is 64.9 Å². The molecule has 19 N–H and O–H groups in total. The van der Waals surface area contributed by atoms with Gasteiger partial charge in [0.05, 0.1) is 45.0 Å². The molecule has 2 amide bonds. The van der Waals surface area contributed by atoms with E-state index in [9.17, 15) is 77.1 Å². The summed E-state index contributed by atoms with van der Waals surface area (Å²) in [5.74, 6) is -2.21. The summed E-state index contributed by atoms with van der Waals surface area (Å²) >= 11 is 0. The van der Waals surface area contributed by atoms with Gasteiger partial charge in [-0.25, -0.2) is 62.5 Å². The van der Waals surface area contributed by atoms with Gasteiger partial charge in [0.2, 0.25) is 6.41 Å². The highest BCUT2D eigenvalue weighted by molar-refractivity contribution is 7.47. The molecule has 5 aromatic rings. The van der Waals surface area contributed by atoms with Crippen LogP contribution < -0.4 is 33.9 Å². The number of phosphoric acid groups is 4. The van der Waals surface area contributed by atoms with Crippen molar-refractivity contribution in [2.24, 2.45) is 21.9 Å². The smallest absolute Gasteiger partial charge is 0.455 e. The summed E-state index contributed by atoms with van der Waals surface area (Å²) < 4.78 is 121. The fourth-order valence-electron chi connectivity index (χ4n) is 11.0. The van der Waals surface area contributed by atoms with Gasteiger partial charge in [-0.15, -0.1) is 0 Å². The summed E-state index contributed by atoms with van der Waals surface area (Å²) in [6.45, 7) is 3.26. The Morgan fingerprint density at radius 3 is 1.79 bits per heavy atom. The molecular formula is C56H82N24O31P4. The number of amides is 2. The van der Waals surface area contributed by atoms with E-state index in [1.807, 2.05) is 0 Å². The molecule has 5 aromatic heterocycles. The highest BCUT2D eigenvalue weighted by atomic mass is 31.2. The van der Waals surface area contributed by atoms with Crippen molar-refractivity contribution in [1.29, 1.82) is 10.7 Å². The number of esters is 2. The van der Waals surface area contributed by atoms with Crippen molar-refractivity contribution < 1.29 is 142 Å². The molecule has 0 bridgehead atoms. The minimum Gasteiger partial charge on any atom is -0.455 e. The van der Waals surface area contributed by atoms with Crippen LogP contribution in [0.25, 0.3) is 43.2 Å². The Balaban J connectivity index is 0.000000283. The number of hydrogen-bond donors (Lipinski definition) is 15. The monoisotopic (exact) mass is 1710 g/mol. The Bertz CT molecular complexity index is 4650. The Morgan fingerprint density at radius 1 is 0.748 bits per heavy atom. The fourth-order valence-corrected chi connectivity index (χ4v) is 13.6. The number of aliphatic hydroxyl groups excluding tert-OH is 3. The molecule has 4 aliphatic heterocycles. The number of nitrogens with one attached hydrogen (secondary N) is 2. The summed E-state index contributed by atoms with van der Waals surface area (Å²) in [6.07, 6.45) is -12.4. The lowest BCUT2D eigenvalue weighted by Crippen LogP contribution is -2.47. The van der Waals surface area contributed by atoms with E-state index in [-0.39, 0.29) is 90.5 Å². The third-order valence-electron chi connectivity index (χ3n) is 16.2. The number of imidazole rings is 2. The van der Waals surface area contributed by atoms with Crippen molar-refractivity contribution in [2.75, 3.05) is 63.3 Å². The second-order valence-corrected chi connectivity index (χ2v) is 31.0. The normalized spacial score (nSPS) is 24.9. The molecule has 632 valence electrons. The summed E-state index contributed by atoms with van der Waals surface area (Å²) in [4.78, 5) is 153. The fraction of sp³-hybridized carbons (Fsp3) is 0.607. The minimum atomic E-state index is -5.24. The first-order valence-corrected chi connectivity index (χ1v) is 39.7. The van der Waals surface area contributed by atoms with Gasteiger partial charge in [-0.3, -0.25) is 60.7 Å². The Labute approximate surface area is 647 Å². The zero-order chi connectivity index (χ0) is 84.9. The molecule has 0 saturated carbocycles. The van der Waals surface area contributed by atoms with Crippen LogP contribution in [0.4, 0.5) is 22.2 Å². The van der Waals surface area contributed by atoms with Gasteiger partial charge in [-0.05, 0) is 69.7 Å². The summed E-state index contributed by atoms with van der Waals surface area (Å²) in [6, 6.07) is 1.56. The zero-order valence-corrected chi connectivity index (χ0v) is 64.4. The third kappa shape index (κ3) is 27.6. The molecule has 0 spiro atoms. The van der Waals surface area contributed by atoms with Crippen molar-refractivity contribution in [3.8, 4) is 6.07 Å². The number of ether oxygens (including phenoxy) is 7. The van der Waals surface area contributed by atoms with Crippen molar-refractivity contribution in [3.05, 3.63) is 81.2 Å². The summed E-state index contributed by atoms with van der Waals surface area (Å²) in [5.41, 5.74) is 37.9. The number of aliphatic hydroxyl groups is 3. The molecule has 115 heavy (non-hydrogen) atoms. The zero-order valence-electron chi connectivity index (χ0n) is 60.8. The van der Waals surface area contributed by atoms with Gasteiger partial charge in [0.1, 0.15) is 120 Å². The number of nitrogen functional groups attached to an aromatic ring is 3. The number of carbonyl (C=O) groups excluding carboxylic acids is 4. The maximum absolute atomic E-state index is 13.7. The Hall–Kier alpha value is -9.46. The van der Waals surface area contributed by atoms with Gasteiger partial charge in [-0.1, -0.05) is 17.2 Å². The number of alkyl carbamates (subject to hydrolysis) is 1. The van der Waals surface area contributed by atoms with Gasteiger partial charge in [0.15, 0.2) is 48.1 Å². The number of anilines is 3. The first-order valence-electron chi connectivity index (χ1n) is 33.6. The van der Waals surface area contributed by atoms with Gasteiger partial charge < -0.3 is 106 Å². The van der Waals surface area contributed by atoms with E-state index in [1.165, 1.54) is 34.1 Å². The van der Waals surface area contributed by atoms with Crippen molar-refractivity contribution in [1.82, 2.24) is 58.8 Å². The summed E-state index contributed by atoms with van der Waals surface area (Å²) in [5, 5.41) is 57.2. The van der Waals surface area contributed by atoms with E-state index < -0.39 is 179 Å². The number of nitriles is 1. The number of aromatic nitrogens is 10. The predicted octanol–water partition coefficient (Wildman–Crippen LogP) is -0.257. The number of azide groups is 2. The highest BCUT2D eigenvalue weighted by Crippen LogP contribution is 2.52. The molecule has 59 heteroatoms. The Kier molecular flexibility index (Phi) is 33.4. The number of fused-ring (bicyclic) bond motifs is 2. The second-order valence-electron chi connectivity index (χ2n) is 25.7. The number of hydrogen-bond acceptors (Lipinski definition) is 39. The van der Waals surface area contributed by atoms with E-state index in [1.54, 1.807) is 33.8 Å². The number of rotatable bonds is 36. The molecule has 9 rings (SSSR count). The van der Waals surface area contributed by atoms with E-state index in [2.05, 4.69) is 74.0 Å². The molecule has 0 aromatic carbocycles. The SMILES string of the molecule is CC(C)(C)OC(=O)N[C@@H](CCCN=[N+]=[N-])C(=O)O[C@H]1[C@@H](O)[C@H](n2cnc3c(N)ncnc32)O[C@@H]1COP(=O)(O)O[C@H]1C[C@H](n2ccc(N)nc2=O)O[C@@H]1COP(=O)(O)O.C[C@@H](CCCN=[N+]=[N-])C(=O)OCC#N.N=C(N)/C=C\N(C=O)[C@H]1C[C@H](OP(=O)(O)OC[C@H]2O[C@@H](n3cnc4c(N)ncnc43)[C@H](O)[C@@H]2O)[C@@H](COP(=O)(O)O)O1. The van der Waals surface area contributed by atoms with Crippen LogP contribution in [0.5, 0.6) is 0 Å². The largest absolute Gasteiger partial charge is 0.472 e. The van der Waals surface area contributed by atoms with E-state index >= 15 is 0 Å². The van der Waals surface area contributed by atoms with Crippen LogP contribution >= 0.6 is 31.3 Å². The van der Waals surface area contributed by atoms with Crippen molar-refractivity contribution in [3.63, 3.8) is 0 Å². The minimum absolute atomic E-state index is 0.0144. The lowest BCUT2D eigenvalue weighted by atomic mass is 10.1. The number of phosphoric ester groups is 4. The highest BCUT2D eigenvalue weighted by Gasteiger charge is 2.52. The molecule has 9 heterocycles. The molecule has 4 saturated heterocycles. The van der Waals surface area contributed by atoms with Crippen LogP contribution in [0, 0.1) is 22.7 Å². The molecule has 0 radical (unpaired) electrons. The van der Waals surface area contributed by atoms with E-state index in [4.69, 9.17) is 101 Å². The maximum atomic E-state index is 13.7. The third-order valence-corrected chi connectivity index (χ3v) is 19.2. The number of amidine groups is 1. The topological polar surface area (TPSA) is 825 Å². The number of carbonyl (C=O) groups is 4. The van der Waals surface area contributed by atoms with Gasteiger partial charge >= 0.3 is 55.0 Å². The molecular weight excluding hydrogens is 1630 g/mol. The van der Waals surface area contributed by atoms with Crippen LogP contribution in [0.2, 0.25) is 0 Å². The van der Waals surface area contributed by atoms with Crippen LogP contribution in [0.1, 0.15) is 84.9 Å². The quantitative estimate of drug-likeness (QED) is 0.00235. The van der Waals surface area contributed by atoms with Gasteiger partial charge in [0, 0.05) is 48.2 Å². The average molecular weight is 1710 g/mol. The van der Waals surface area contributed by atoms with Crippen LogP contribution in [-0.4, -0.2) is 253 Å². The Morgan fingerprint density at radius 2 is 1.27 bits per heavy atom.